The van der Waals surface area contributed by atoms with Crippen molar-refractivity contribution in [2.45, 2.75) is 25.8 Å². The Morgan fingerprint density at radius 1 is 1.26 bits per heavy atom. The minimum absolute atomic E-state index is 0.599. The lowest BCUT2D eigenvalue weighted by atomic mass is 10.2. The second-order valence-corrected chi connectivity index (χ2v) is 4.77. The highest BCUT2D eigenvalue weighted by Gasteiger charge is 2.13. The average molecular weight is 260 g/mol. The summed E-state index contributed by atoms with van der Waals surface area (Å²) in [6.45, 7) is 3.00. The quantitative estimate of drug-likeness (QED) is 0.812. The van der Waals surface area contributed by atoms with Crippen LogP contribution >= 0.6 is 0 Å². The lowest BCUT2D eigenvalue weighted by molar-refractivity contribution is 0.249. The summed E-state index contributed by atoms with van der Waals surface area (Å²) in [5.41, 5.74) is 9.68. The summed E-state index contributed by atoms with van der Waals surface area (Å²) < 4.78 is 0. The maximum Gasteiger partial charge on any atom is 0.332 e. The van der Waals surface area contributed by atoms with Crippen LogP contribution in [0.1, 0.15) is 24.8 Å². The molecule has 1 heterocycles. The van der Waals surface area contributed by atoms with Gasteiger partial charge in [-0.25, -0.2) is 10.2 Å². The number of urea groups is 1. The normalized spacial score (nSPS) is 19.1. The first kappa shape index (κ1) is 13.5. The van der Waals surface area contributed by atoms with E-state index >= 15 is 0 Å². The summed E-state index contributed by atoms with van der Waals surface area (Å²) in [5, 5.41) is 4.05. The molecule has 19 heavy (non-hydrogen) atoms. The van der Waals surface area contributed by atoms with Gasteiger partial charge < -0.3 is 5.73 Å². The molecule has 5 nitrogen and oxygen atoms in total. The molecule has 1 aliphatic rings. The van der Waals surface area contributed by atoms with Crippen molar-refractivity contribution >= 4 is 11.7 Å². The Labute approximate surface area is 113 Å². The first-order chi connectivity index (χ1) is 9.24. The van der Waals surface area contributed by atoms with Crippen LogP contribution in [-0.2, 0) is 6.54 Å². The number of benzene rings is 1. The second kappa shape index (κ2) is 6.89. The lowest BCUT2D eigenvalue weighted by Crippen LogP contribution is -2.26. The maximum atomic E-state index is 10.6. The molecule has 0 spiro atoms. The van der Waals surface area contributed by atoms with E-state index in [2.05, 4.69) is 39.7 Å². The van der Waals surface area contributed by atoms with Crippen LogP contribution in [0.5, 0.6) is 0 Å². The third-order valence-electron chi connectivity index (χ3n) is 3.23. The Balaban J connectivity index is 1.86. The second-order valence-electron chi connectivity index (χ2n) is 4.77. The van der Waals surface area contributed by atoms with Gasteiger partial charge in [0.05, 0.1) is 0 Å². The van der Waals surface area contributed by atoms with Gasteiger partial charge in [-0.05, 0) is 24.9 Å². The maximum absolute atomic E-state index is 10.6. The van der Waals surface area contributed by atoms with E-state index < -0.39 is 6.03 Å². The van der Waals surface area contributed by atoms with Crippen LogP contribution in [0, 0.1) is 0 Å². The molecule has 0 unspecified atom stereocenters. The van der Waals surface area contributed by atoms with Gasteiger partial charge in [-0.1, -0.05) is 30.3 Å². The number of carbonyl (C=O) groups is 1. The third kappa shape index (κ3) is 4.71. The fourth-order valence-electron chi connectivity index (χ4n) is 2.28. The number of hydrogen-bond donors (Lipinski definition) is 2. The number of nitrogens with two attached hydrogens (primary N) is 1. The fourth-order valence-corrected chi connectivity index (χ4v) is 2.28. The van der Waals surface area contributed by atoms with E-state index in [9.17, 15) is 4.79 Å². The van der Waals surface area contributed by atoms with Gasteiger partial charge in [0.2, 0.25) is 0 Å². The Morgan fingerprint density at radius 2 is 2.05 bits per heavy atom. The molecule has 5 heteroatoms. The highest BCUT2D eigenvalue weighted by molar-refractivity contribution is 5.86. The topological polar surface area (TPSA) is 70.7 Å². The lowest BCUT2D eigenvalue weighted by Gasteiger charge is -2.19. The van der Waals surface area contributed by atoms with E-state index in [4.69, 9.17) is 5.73 Å². The number of hydrogen-bond acceptors (Lipinski definition) is 3. The number of primary amides is 1. The van der Waals surface area contributed by atoms with Gasteiger partial charge in [0, 0.05) is 25.2 Å². The fraction of sp³-hybridized carbons (Fsp3) is 0.429. The molecule has 0 bridgehead atoms. The van der Waals surface area contributed by atoms with Gasteiger partial charge in [0.15, 0.2) is 0 Å². The largest absolute Gasteiger partial charge is 0.350 e. The van der Waals surface area contributed by atoms with Gasteiger partial charge in [0.1, 0.15) is 0 Å². The van der Waals surface area contributed by atoms with Crippen molar-refractivity contribution in [2.75, 3.05) is 13.1 Å². The minimum atomic E-state index is -0.599. The SMILES string of the molecule is NC(=O)N/N=C1/CCCN(Cc2ccccc2)CC1. The Kier molecular flexibility index (Phi) is 4.92. The Hall–Kier alpha value is -1.88. The van der Waals surface area contributed by atoms with Gasteiger partial charge in [0.25, 0.3) is 0 Å². The molecule has 2 amide bonds. The number of amides is 2. The van der Waals surface area contributed by atoms with E-state index in [-0.39, 0.29) is 0 Å². The summed E-state index contributed by atoms with van der Waals surface area (Å²) in [7, 11) is 0. The standard InChI is InChI=1S/C14H20N4O/c15-14(19)17-16-13-7-4-9-18(10-8-13)11-12-5-2-1-3-6-12/h1-3,5-6H,4,7-11H2,(H3,15,17,19)/b16-13-. The van der Waals surface area contributed by atoms with E-state index in [0.717, 1.165) is 44.6 Å². The molecular formula is C14H20N4O. The van der Waals surface area contributed by atoms with E-state index in [1.165, 1.54) is 5.56 Å². The third-order valence-corrected chi connectivity index (χ3v) is 3.23. The van der Waals surface area contributed by atoms with Gasteiger partial charge >= 0.3 is 6.03 Å². The van der Waals surface area contributed by atoms with Crippen LogP contribution in [0.4, 0.5) is 4.79 Å². The Morgan fingerprint density at radius 3 is 2.79 bits per heavy atom. The first-order valence-electron chi connectivity index (χ1n) is 6.61. The molecule has 0 aliphatic carbocycles. The van der Waals surface area contributed by atoms with Crippen LogP contribution < -0.4 is 11.2 Å². The van der Waals surface area contributed by atoms with Crippen LogP contribution in [0.3, 0.4) is 0 Å². The molecule has 1 aromatic rings. The zero-order valence-corrected chi connectivity index (χ0v) is 11.0. The number of rotatable bonds is 3. The summed E-state index contributed by atoms with van der Waals surface area (Å²) in [6, 6.07) is 9.86. The molecule has 0 radical (unpaired) electrons. The Bertz CT molecular complexity index is 444. The average Bonchev–Trinajstić information content (AvgIpc) is 2.63. The summed E-state index contributed by atoms with van der Waals surface area (Å²) in [6.07, 6.45) is 2.87. The molecule has 1 aliphatic heterocycles. The van der Waals surface area contributed by atoms with Gasteiger partial charge in [-0.15, -0.1) is 0 Å². The molecule has 102 valence electrons. The summed E-state index contributed by atoms with van der Waals surface area (Å²) in [4.78, 5) is 13.0. The van der Waals surface area contributed by atoms with Crippen LogP contribution in [-0.4, -0.2) is 29.7 Å². The van der Waals surface area contributed by atoms with Crippen molar-refractivity contribution in [3.63, 3.8) is 0 Å². The van der Waals surface area contributed by atoms with E-state index in [1.54, 1.807) is 0 Å². The van der Waals surface area contributed by atoms with Crippen LogP contribution in [0.25, 0.3) is 0 Å². The summed E-state index contributed by atoms with van der Waals surface area (Å²) >= 11 is 0. The molecule has 0 atom stereocenters. The molecule has 1 fully saturated rings. The smallest absolute Gasteiger partial charge is 0.332 e. The molecule has 0 aromatic heterocycles. The zero-order chi connectivity index (χ0) is 13.5. The summed E-state index contributed by atoms with van der Waals surface area (Å²) in [5.74, 6) is 0. The number of nitrogens with one attached hydrogen (secondary N) is 1. The van der Waals surface area contributed by atoms with Crippen LogP contribution in [0.2, 0.25) is 0 Å². The molecule has 1 aromatic carbocycles. The highest BCUT2D eigenvalue weighted by Crippen LogP contribution is 2.12. The predicted molar refractivity (Wildman–Crippen MR) is 75.7 cm³/mol. The van der Waals surface area contributed by atoms with E-state index in [0.29, 0.717) is 0 Å². The monoisotopic (exact) mass is 260 g/mol. The number of hydrazone groups is 1. The molecular weight excluding hydrogens is 240 g/mol. The van der Waals surface area contributed by atoms with Crippen molar-refractivity contribution in [3.05, 3.63) is 35.9 Å². The van der Waals surface area contributed by atoms with Crippen molar-refractivity contribution in [2.24, 2.45) is 10.8 Å². The van der Waals surface area contributed by atoms with Crippen molar-refractivity contribution < 1.29 is 4.79 Å². The number of likely N-dealkylation sites (tertiary alicyclic amines) is 1. The first-order valence-corrected chi connectivity index (χ1v) is 6.61. The van der Waals surface area contributed by atoms with Crippen LogP contribution in [0.15, 0.2) is 35.4 Å². The predicted octanol–water partition coefficient (Wildman–Crippen LogP) is 1.70. The van der Waals surface area contributed by atoms with Gasteiger partial charge in [-0.3, -0.25) is 4.90 Å². The van der Waals surface area contributed by atoms with Gasteiger partial charge in [-0.2, -0.15) is 5.10 Å². The number of carbonyl (C=O) groups excluding carboxylic acids is 1. The molecule has 2 rings (SSSR count). The minimum Gasteiger partial charge on any atom is -0.350 e. The molecule has 1 saturated heterocycles. The molecule has 0 saturated carbocycles. The molecule has 3 N–H and O–H groups in total. The zero-order valence-electron chi connectivity index (χ0n) is 11.0. The van der Waals surface area contributed by atoms with Crippen molar-refractivity contribution in [1.82, 2.24) is 10.3 Å². The van der Waals surface area contributed by atoms with Crippen molar-refractivity contribution in [3.8, 4) is 0 Å². The van der Waals surface area contributed by atoms with Crippen molar-refractivity contribution in [1.29, 1.82) is 0 Å². The number of nitrogens with zero attached hydrogens (tertiary/aromatic N) is 2. The highest BCUT2D eigenvalue weighted by atomic mass is 16.2. The van der Waals surface area contributed by atoms with E-state index in [1.807, 2.05) is 6.07 Å².